The molecule has 0 saturated carbocycles. The number of carbonyl (C=O) groups excluding carboxylic acids is 1. The lowest BCUT2D eigenvalue weighted by Crippen LogP contribution is -2.41. The number of nitrogens with zero attached hydrogens (tertiary/aromatic N) is 1. The van der Waals surface area contributed by atoms with E-state index in [-0.39, 0.29) is 16.7 Å². The molecule has 0 bridgehead atoms. The van der Waals surface area contributed by atoms with Crippen molar-refractivity contribution in [1.29, 1.82) is 0 Å². The van der Waals surface area contributed by atoms with Crippen molar-refractivity contribution in [3.05, 3.63) is 28.8 Å². The van der Waals surface area contributed by atoms with Crippen LogP contribution in [0.25, 0.3) is 0 Å². The van der Waals surface area contributed by atoms with Crippen molar-refractivity contribution in [2.24, 2.45) is 0 Å². The van der Waals surface area contributed by atoms with E-state index in [2.05, 4.69) is 5.32 Å². The molecule has 1 atom stereocenters. The number of sulfone groups is 1. The number of amides is 2. The van der Waals surface area contributed by atoms with Crippen molar-refractivity contribution in [3.63, 3.8) is 0 Å². The number of urea groups is 1. The Labute approximate surface area is 128 Å². The van der Waals surface area contributed by atoms with E-state index in [9.17, 15) is 13.2 Å². The standard InChI is InChI=1S/C13H17ClN2O4S/c1-16(13(17)15-5-6-20-2)11-8-21(18,19)12-4-3-9(14)7-10(11)12/h3-4,7,11H,5-6,8H2,1-2H3,(H,15,17)/t11-/m0/s1. The van der Waals surface area contributed by atoms with Crippen LogP contribution >= 0.6 is 11.6 Å². The molecule has 1 aromatic rings. The topological polar surface area (TPSA) is 75.7 Å². The fraction of sp³-hybridized carbons (Fsp3) is 0.462. The number of benzene rings is 1. The molecular weight excluding hydrogens is 316 g/mol. The van der Waals surface area contributed by atoms with E-state index in [0.29, 0.717) is 23.7 Å². The number of carbonyl (C=O) groups is 1. The monoisotopic (exact) mass is 332 g/mol. The average Bonchev–Trinajstić information content (AvgIpc) is 2.69. The molecule has 1 aromatic carbocycles. The maximum absolute atomic E-state index is 12.1. The molecule has 116 valence electrons. The van der Waals surface area contributed by atoms with Crippen molar-refractivity contribution in [3.8, 4) is 0 Å². The van der Waals surface area contributed by atoms with Gasteiger partial charge in [-0.25, -0.2) is 13.2 Å². The SMILES string of the molecule is COCCNC(=O)N(C)[C@H]1CS(=O)(=O)c2ccc(Cl)cc21. The van der Waals surface area contributed by atoms with Gasteiger partial charge in [0.25, 0.3) is 0 Å². The smallest absolute Gasteiger partial charge is 0.317 e. The van der Waals surface area contributed by atoms with E-state index in [1.807, 2.05) is 0 Å². The van der Waals surface area contributed by atoms with Gasteiger partial charge < -0.3 is 15.0 Å². The van der Waals surface area contributed by atoms with Crippen molar-refractivity contribution in [1.82, 2.24) is 10.2 Å². The third kappa shape index (κ3) is 3.30. The van der Waals surface area contributed by atoms with E-state index >= 15 is 0 Å². The van der Waals surface area contributed by atoms with E-state index < -0.39 is 15.9 Å². The zero-order valence-electron chi connectivity index (χ0n) is 11.8. The Kier molecular flexibility index (Phi) is 4.75. The number of nitrogens with one attached hydrogen (secondary N) is 1. The quantitative estimate of drug-likeness (QED) is 0.847. The molecule has 2 amide bonds. The summed E-state index contributed by atoms with van der Waals surface area (Å²) in [5.74, 6) is -0.128. The maximum atomic E-state index is 12.1. The van der Waals surface area contributed by atoms with Gasteiger partial charge in [-0.05, 0) is 23.8 Å². The van der Waals surface area contributed by atoms with E-state index in [4.69, 9.17) is 16.3 Å². The van der Waals surface area contributed by atoms with E-state index in [0.717, 1.165) is 0 Å². The van der Waals surface area contributed by atoms with Gasteiger partial charge in [0, 0.05) is 25.7 Å². The molecule has 0 unspecified atom stereocenters. The molecule has 0 spiro atoms. The summed E-state index contributed by atoms with van der Waals surface area (Å²) in [6.07, 6.45) is 0. The second-order valence-electron chi connectivity index (χ2n) is 4.81. The van der Waals surface area contributed by atoms with Gasteiger partial charge in [-0.2, -0.15) is 0 Å². The number of hydrogen-bond donors (Lipinski definition) is 1. The van der Waals surface area contributed by atoms with Crippen LogP contribution in [0.5, 0.6) is 0 Å². The highest BCUT2D eigenvalue weighted by molar-refractivity contribution is 7.91. The van der Waals surface area contributed by atoms with Crippen LogP contribution in [-0.2, 0) is 14.6 Å². The van der Waals surface area contributed by atoms with Crippen LogP contribution in [-0.4, -0.2) is 52.4 Å². The van der Waals surface area contributed by atoms with Crippen molar-refractivity contribution >= 4 is 27.5 Å². The molecule has 0 fully saturated rings. The molecule has 0 aliphatic carbocycles. The van der Waals surface area contributed by atoms with Gasteiger partial charge >= 0.3 is 6.03 Å². The molecule has 1 heterocycles. The van der Waals surface area contributed by atoms with Crippen LogP contribution in [0, 0.1) is 0 Å². The Bertz CT molecular complexity index is 648. The van der Waals surface area contributed by atoms with Gasteiger partial charge in [-0.15, -0.1) is 0 Å². The summed E-state index contributed by atoms with van der Waals surface area (Å²) in [6, 6.07) is 3.75. The number of fused-ring (bicyclic) bond motifs is 1. The Balaban J connectivity index is 2.22. The first-order valence-corrected chi connectivity index (χ1v) is 8.41. The highest BCUT2D eigenvalue weighted by Gasteiger charge is 2.38. The lowest BCUT2D eigenvalue weighted by atomic mass is 10.1. The first-order valence-electron chi connectivity index (χ1n) is 6.38. The summed E-state index contributed by atoms with van der Waals surface area (Å²) in [5, 5.41) is 3.12. The highest BCUT2D eigenvalue weighted by Crippen LogP contribution is 2.37. The van der Waals surface area contributed by atoms with Crippen molar-refractivity contribution < 1.29 is 17.9 Å². The Morgan fingerprint density at radius 3 is 2.90 bits per heavy atom. The zero-order valence-corrected chi connectivity index (χ0v) is 13.4. The molecular formula is C13H17ClN2O4S. The third-order valence-corrected chi connectivity index (χ3v) is 5.45. The number of halogens is 1. The van der Waals surface area contributed by atoms with Gasteiger partial charge in [0.15, 0.2) is 9.84 Å². The lowest BCUT2D eigenvalue weighted by Gasteiger charge is -2.24. The minimum absolute atomic E-state index is 0.128. The summed E-state index contributed by atoms with van der Waals surface area (Å²) in [6.45, 7) is 0.756. The van der Waals surface area contributed by atoms with Crippen LogP contribution in [0.2, 0.25) is 5.02 Å². The maximum Gasteiger partial charge on any atom is 0.317 e. The summed E-state index contributed by atoms with van der Waals surface area (Å²) >= 11 is 5.94. The van der Waals surface area contributed by atoms with Crippen molar-refractivity contribution in [2.45, 2.75) is 10.9 Å². The first kappa shape index (κ1) is 16.1. The van der Waals surface area contributed by atoms with Crippen LogP contribution in [0.3, 0.4) is 0 Å². The van der Waals surface area contributed by atoms with Crippen LogP contribution in [0.1, 0.15) is 11.6 Å². The Morgan fingerprint density at radius 1 is 1.52 bits per heavy atom. The van der Waals surface area contributed by atoms with Crippen LogP contribution < -0.4 is 5.32 Å². The molecule has 0 aromatic heterocycles. The zero-order chi connectivity index (χ0) is 15.6. The van der Waals surface area contributed by atoms with Gasteiger partial charge in [0.2, 0.25) is 0 Å². The highest BCUT2D eigenvalue weighted by atomic mass is 35.5. The minimum Gasteiger partial charge on any atom is -0.383 e. The molecule has 0 radical (unpaired) electrons. The molecule has 1 aliphatic heterocycles. The fourth-order valence-corrected chi connectivity index (χ4v) is 4.31. The summed E-state index contributed by atoms with van der Waals surface area (Å²) in [4.78, 5) is 13.7. The second kappa shape index (κ2) is 6.21. The first-order chi connectivity index (χ1) is 9.86. The molecule has 1 N–H and O–H groups in total. The number of ether oxygens (including phenoxy) is 1. The predicted molar refractivity (Wildman–Crippen MR) is 79.3 cm³/mol. The minimum atomic E-state index is -3.38. The number of methoxy groups -OCH3 is 1. The lowest BCUT2D eigenvalue weighted by molar-refractivity contribution is 0.178. The third-order valence-electron chi connectivity index (χ3n) is 3.41. The number of rotatable bonds is 4. The summed E-state index contributed by atoms with van der Waals surface area (Å²) in [7, 11) is -0.273. The largest absolute Gasteiger partial charge is 0.383 e. The summed E-state index contributed by atoms with van der Waals surface area (Å²) < 4.78 is 29.1. The van der Waals surface area contributed by atoms with E-state index in [1.54, 1.807) is 19.2 Å². The molecule has 2 rings (SSSR count). The Morgan fingerprint density at radius 2 is 2.24 bits per heavy atom. The molecule has 21 heavy (non-hydrogen) atoms. The van der Waals surface area contributed by atoms with E-state index in [1.165, 1.54) is 18.1 Å². The van der Waals surface area contributed by atoms with Gasteiger partial charge in [0.1, 0.15) is 0 Å². The Hall–Kier alpha value is -1.31. The second-order valence-corrected chi connectivity index (χ2v) is 7.25. The fourth-order valence-electron chi connectivity index (χ4n) is 2.30. The molecule has 8 heteroatoms. The summed E-state index contributed by atoms with van der Waals surface area (Å²) in [5.41, 5.74) is 0.562. The van der Waals surface area contributed by atoms with Crippen LogP contribution in [0.15, 0.2) is 23.1 Å². The molecule has 6 nitrogen and oxygen atoms in total. The van der Waals surface area contributed by atoms with Gasteiger partial charge in [0.05, 0.1) is 23.3 Å². The van der Waals surface area contributed by atoms with Gasteiger partial charge in [-0.1, -0.05) is 11.6 Å². The van der Waals surface area contributed by atoms with Gasteiger partial charge in [-0.3, -0.25) is 0 Å². The molecule has 0 saturated heterocycles. The average molecular weight is 333 g/mol. The molecule has 1 aliphatic rings. The van der Waals surface area contributed by atoms with Crippen LogP contribution in [0.4, 0.5) is 4.79 Å². The number of hydrogen-bond acceptors (Lipinski definition) is 4. The normalized spacial score (nSPS) is 19.1. The van der Waals surface area contributed by atoms with Crippen molar-refractivity contribution in [2.75, 3.05) is 33.1 Å². The predicted octanol–water partition coefficient (Wildman–Crippen LogP) is 1.46.